The SMILES string of the molecule is CCN(Cc1ccc(CN)cc1Cl)c1cccc(C)c1. The number of nitrogens with two attached hydrogens (primary N) is 1. The third kappa shape index (κ3) is 3.53. The van der Waals surface area contributed by atoms with Gasteiger partial charge >= 0.3 is 0 Å². The molecule has 0 atom stereocenters. The molecule has 0 saturated heterocycles. The molecule has 2 N–H and O–H groups in total. The first kappa shape index (κ1) is 14.9. The van der Waals surface area contributed by atoms with Gasteiger partial charge in [0.25, 0.3) is 0 Å². The van der Waals surface area contributed by atoms with Crippen molar-refractivity contribution >= 4 is 17.3 Å². The zero-order valence-electron chi connectivity index (χ0n) is 12.1. The fourth-order valence-corrected chi connectivity index (χ4v) is 2.52. The summed E-state index contributed by atoms with van der Waals surface area (Å²) in [5.74, 6) is 0. The summed E-state index contributed by atoms with van der Waals surface area (Å²) in [5, 5.41) is 0.791. The summed E-state index contributed by atoms with van der Waals surface area (Å²) >= 11 is 6.35. The van der Waals surface area contributed by atoms with Crippen LogP contribution in [0.2, 0.25) is 5.02 Å². The lowest BCUT2D eigenvalue weighted by Crippen LogP contribution is -2.22. The Kier molecular flexibility index (Phi) is 5.05. The van der Waals surface area contributed by atoms with Crippen LogP contribution < -0.4 is 10.6 Å². The van der Waals surface area contributed by atoms with Crippen LogP contribution in [0.4, 0.5) is 5.69 Å². The van der Waals surface area contributed by atoms with Crippen molar-refractivity contribution in [1.29, 1.82) is 0 Å². The van der Waals surface area contributed by atoms with Crippen LogP contribution in [0.5, 0.6) is 0 Å². The van der Waals surface area contributed by atoms with Gasteiger partial charge in [-0.1, -0.05) is 35.9 Å². The van der Waals surface area contributed by atoms with Crippen LogP contribution in [-0.4, -0.2) is 6.54 Å². The van der Waals surface area contributed by atoms with Crippen molar-refractivity contribution in [3.8, 4) is 0 Å². The number of halogens is 1. The molecule has 0 saturated carbocycles. The van der Waals surface area contributed by atoms with Gasteiger partial charge in [-0.2, -0.15) is 0 Å². The van der Waals surface area contributed by atoms with E-state index in [0.717, 1.165) is 29.2 Å². The number of hydrogen-bond acceptors (Lipinski definition) is 2. The van der Waals surface area contributed by atoms with Crippen molar-refractivity contribution in [2.75, 3.05) is 11.4 Å². The van der Waals surface area contributed by atoms with Gasteiger partial charge in [0, 0.05) is 30.3 Å². The lowest BCUT2D eigenvalue weighted by atomic mass is 10.1. The molecule has 0 aliphatic carbocycles. The highest BCUT2D eigenvalue weighted by Gasteiger charge is 2.08. The summed E-state index contributed by atoms with van der Waals surface area (Å²) in [7, 11) is 0. The number of aryl methyl sites for hydroxylation is 1. The second-order valence-electron chi connectivity index (χ2n) is 4.98. The largest absolute Gasteiger partial charge is 0.367 e. The monoisotopic (exact) mass is 288 g/mol. The highest BCUT2D eigenvalue weighted by atomic mass is 35.5. The quantitative estimate of drug-likeness (QED) is 0.896. The van der Waals surface area contributed by atoms with Gasteiger partial charge in [-0.25, -0.2) is 0 Å². The molecule has 106 valence electrons. The van der Waals surface area contributed by atoms with E-state index in [4.69, 9.17) is 17.3 Å². The topological polar surface area (TPSA) is 29.3 Å². The van der Waals surface area contributed by atoms with Crippen LogP contribution in [0.1, 0.15) is 23.6 Å². The molecule has 0 fully saturated rings. The first-order valence-electron chi connectivity index (χ1n) is 6.93. The minimum Gasteiger partial charge on any atom is -0.367 e. The van der Waals surface area contributed by atoms with E-state index in [1.165, 1.54) is 11.3 Å². The average molecular weight is 289 g/mol. The lowest BCUT2D eigenvalue weighted by Gasteiger charge is -2.24. The second-order valence-corrected chi connectivity index (χ2v) is 5.39. The van der Waals surface area contributed by atoms with Crippen LogP contribution in [-0.2, 0) is 13.1 Å². The molecule has 0 spiro atoms. The molecule has 0 bridgehead atoms. The normalized spacial score (nSPS) is 10.6. The van der Waals surface area contributed by atoms with Gasteiger partial charge in [0.15, 0.2) is 0 Å². The number of benzene rings is 2. The summed E-state index contributed by atoms with van der Waals surface area (Å²) in [4.78, 5) is 2.32. The van der Waals surface area contributed by atoms with Crippen LogP contribution >= 0.6 is 11.6 Å². The predicted molar refractivity (Wildman–Crippen MR) is 87.2 cm³/mol. The van der Waals surface area contributed by atoms with E-state index in [1.807, 2.05) is 12.1 Å². The molecule has 0 heterocycles. The van der Waals surface area contributed by atoms with E-state index in [2.05, 4.69) is 49.1 Å². The van der Waals surface area contributed by atoms with Gasteiger partial charge in [-0.15, -0.1) is 0 Å². The highest BCUT2D eigenvalue weighted by molar-refractivity contribution is 6.31. The summed E-state index contributed by atoms with van der Waals surface area (Å²) in [6, 6.07) is 14.6. The van der Waals surface area contributed by atoms with E-state index >= 15 is 0 Å². The maximum absolute atomic E-state index is 6.35. The van der Waals surface area contributed by atoms with Gasteiger partial charge < -0.3 is 10.6 Å². The van der Waals surface area contributed by atoms with Crippen molar-refractivity contribution in [2.45, 2.75) is 26.9 Å². The van der Waals surface area contributed by atoms with E-state index < -0.39 is 0 Å². The molecule has 0 aliphatic heterocycles. The van der Waals surface area contributed by atoms with Gasteiger partial charge in [-0.3, -0.25) is 0 Å². The molecule has 0 aliphatic rings. The zero-order valence-corrected chi connectivity index (χ0v) is 12.8. The van der Waals surface area contributed by atoms with Crippen LogP contribution in [0.25, 0.3) is 0 Å². The Labute approximate surface area is 126 Å². The number of anilines is 1. The Morgan fingerprint density at radius 2 is 1.95 bits per heavy atom. The van der Waals surface area contributed by atoms with Gasteiger partial charge in [-0.05, 0) is 48.7 Å². The molecule has 20 heavy (non-hydrogen) atoms. The summed E-state index contributed by atoms with van der Waals surface area (Å²) < 4.78 is 0. The first-order chi connectivity index (χ1) is 9.63. The summed E-state index contributed by atoms with van der Waals surface area (Å²) in [5.41, 5.74) is 10.3. The van der Waals surface area contributed by atoms with E-state index in [9.17, 15) is 0 Å². The third-order valence-electron chi connectivity index (χ3n) is 3.46. The predicted octanol–water partition coefficient (Wildman–Crippen LogP) is 4.13. The summed E-state index contributed by atoms with van der Waals surface area (Å²) in [6.07, 6.45) is 0. The Morgan fingerprint density at radius 3 is 2.55 bits per heavy atom. The average Bonchev–Trinajstić information content (AvgIpc) is 2.46. The van der Waals surface area contributed by atoms with Crippen LogP contribution in [0, 0.1) is 6.92 Å². The van der Waals surface area contributed by atoms with Crippen molar-refractivity contribution in [2.24, 2.45) is 5.73 Å². The minimum atomic E-state index is 0.523. The Hall–Kier alpha value is -1.51. The Bertz CT molecular complexity index is 581. The molecule has 2 rings (SSSR count). The number of rotatable bonds is 5. The molecule has 0 unspecified atom stereocenters. The van der Waals surface area contributed by atoms with Gasteiger partial charge in [0.2, 0.25) is 0 Å². The molecular weight excluding hydrogens is 268 g/mol. The molecule has 2 aromatic carbocycles. The smallest absolute Gasteiger partial charge is 0.0459 e. The molecule has 0 aromatic heterocycles. The van der Waals surface area contributed by atoms with Gasteiger partial charge in [0.05, 0.1) is 0 Å². The maximum Gasteiger partial charge on any atom is 0.0459 e. The zero-order chi connectivity index (χ0) is 14.5. The van der Waals surface area contributed by atoms with Crippen molar-refractivity contribution in [1.82, 2.24) is 0 Å². The van der Waals surface area contributed by atoms with Crippen LogP contribution in [0.15, 0.2) is 42.5 Å². The van der Waals surface area contributed by atoms with Crippen molar-refractivity contribution < 1.29 is 0 Å². The molecule has 2 aromatic rings. The van der Waals surface area contributed by atoms with Crippen molar-refractivity contribution in [3.63, 3.8) is 0 Å². The second kappa shape index (κ2) is 6.78. The minimum absolute atomic E-state index is 0.523. The lowest BCUT2D eigenvalue weighted by molar-refractivity contribution is 0.830. The number of hydrogen-bond donors (Lipinski definition) is 1. The van der Waals surface area contributed by atoms with Gasteiger partial charge in [0.1, 0.15) is 0 Å². The van der Waals surface area contributed by atoms with Crippen molar-refractivity contribution in [3.05, 3.63) is 64.2 Å². The third-order valence-corrected chi connectivity index (χ3v) is 3.81. The van der Waals surface area contributed by atoms with E-state index in [1.54, 1.807) is 0 Å². The standard InChI is InChI=1S/C17H21ClN2/c1-3-20(16-6-4-5-13(2)9-16)12-15-8-7-14(11-19)10-17(15)18/h4-10H,3,11-12,19H2,1-2H3. The maximum atomic E-state index is 6.35. The molecule has 2 nitrogen and oxygen atoms in total. The highest BCUT2D eigenvalue weighted by Crippen LogP contribution is 2.23. The van der Waals surface area contributed by atoms with E-state index in [-0.39, 0.29) is 0 Å². The van der Waals surface area contributed by atoms with Crippen LogP contribution in [0.3, 0.4) is 0 Å². The molecular formula is C17H21ClN2. The fraction of sp³-hybridized carbons (Fsp3) is 0.294. The number of nitrogens with zero attached hydrogens (tertiary/aromatic N) is 1. The van der Waals surface area contributed by atoms with E-state index in [0.29, 0.717) is 6.54 Å². The summed E-state index contributed by atoms with van der Waals surface area (Å²) in [6.45, 7) is 6.54. The first-order valence-corrected chi connectivity index (χ1v) is 7.30. The Morgan fingerprint density at radius 1 is 1.15 bits per heavy atom. The molecule has 0 radical (unpaired) electrons. The molecule has 0 amide bonds. The molecule has 3 heteroatoms. The Balaban J connectivity index is 2.22. The fourth-order valence-electron chi connectivity index (χ4n) is 2.26.